The number of methoxy groups -OCH3 is 3. The molecule has 1 unspecified atom stereocenters. The van der Waals surface area contributed by atoms with Crippen LogP contribution in [0, 0.1) is 0 Å². The van der Waals surface area contributed by atoms with E-state index in [2.05, 4.69) is 0 Å². The average Bonchev–Trinajstić information content (AvgIpc) is 2.79. The van der Waals surface area contributed by atoms with E-state index >= 15 is 0 Å². The van der Waals surface area contributed by atoms with Crippen molar-refractivity contribution >= 4 is 13.1 Å². The van der Waals surface area contributed by atoms with E-state index in [0.717, 1.165) is 5.56 Å². The largest absolute Gasteiger partial charge is 0.493 e. The molecule has 7 heteroatoms. The normalized spacial score (nSPS) is 19.4. The number of carbonyl (C=O) groups is 1. The van der Waals surface area contributed by atoms with Crippen LogP contribution in [0.25, 0.3) is 0 Å². The smallest absolute Gasteiger partial charge is 0.466 e. The summed E-state index contributed by atoms with van der Waals surface area (Å²) in [5, 5.41) is 0. The van der Waals surface area contributed by atoms with Crippen LogP contribution >= 0.6 is 0 Å². The van der Waals surface area contributed by atoms with Gasteiger partial charge in [0.25, 0.3) is 0 Å². The van der Waals surface area contributed by atoms with Gasteiger partial charge in [-0.2, -0.15) is 0 Å². The Morgan fingerprint density at radius 3 is 2.08 bits per heavy atom. The summed E-state index contributed by atoms with van der Waals surface area (Å²) in [5.41, 5.74) is -0.105. The van der Waals surface area contributed by atoms with Crippen LogP contribution in [0.5, 0.6) is 11.5 Å². The van der Waals surface area contributed by atoms with Gasteiger partial charge in [0, 0.05) is 5.82 Å². The second-order valence-corrected chi connectivity index (χ2v) is 7.13. The van der Waals surface area contributed by atoms with E-state index < -0.39 is 18.3 Å². The number of benzene rings is 1. The maximum absolute atomic E-state index is 12.0. The fraction of sp³-hybridized carbons (Fsp3) is 0.611. The first-order chi connectivity index (χ1) is 11.6. The Morgan fingerprint density at radius 2 is 1.60 bits per heavy atom. The van der Waals surface area contributed by atoms with Gasteiger partial charge in [0.15, 0.2) is 11.5 Å². The molecule has 6 nitrogen and oxygen atoms in total. The third-order valence-electron chi connectivity index (χ3n) is 5.05. The summed E-state index contributed by atoms with van der Waals surface area (Å²) in [7, 11) is 3.96. The molecule has 1 saturated heterocycles. The number of ether oxygens (including phenoxy) is 3. The lowest BCUT2D eigenvalue weighted by molar-refractivity contribution is -0.140. The van der Waals surface area contributed by atoms with Crippen molar-refractivity contribution in [2.24, 2.45) is 0 Å². The minimum absolute atomic E-state index is 0.142. The van der Waals surface area contributed by atoms with Crippen molar-refractivity contribution in [3.05, 3.63) is 23.8 Å². The van der Waals surface area contributed by atoms with Crippen LogP contribution in [0.3, 0.4) is 0 Å². The Kier molecular flexibility index (Phi) is 5.69. The van der Waals surface area contributed by atoms with Gasteiger partial charge < -0.3 is 23.5 Å². The fourth-order valence-corrected chi connectivity index (χ4v) is 2.77. The van der Waals surface area contributed by atoms with Gasteiger partial charge in [0.1, 0.15) is 0 Å². The first-order valence-electron chi connectivity index (χ1n) is 8.29. The summed E-state index contributed by atoms with van der Waals surface area (Å²) in [6, 6.07) is 5.54. The molecule has 0 aromatic heterocycles. The molecule has 1 heterocycles. The van der Waals surface area contributed by atoms with Crippen LogP contribution in [-0.2, 0) is 18.8 Å². The Bertz CT molecular complexity index is 612. The van der Waals surface area contributed by atoms with Crippen LogP contribution in [0.2, 0.25) is 0 Å². The Morgan fingerprint density at radius 1 is 1.04 bits per heavy atom. The van der Waals surface area contributed by atoms with E-state index in [-0.39, 0.29) is 18.2 Å². The van der Waals surface area contributed by atoms with Gasteiger partial charge in [0.2, 0.25) is 0 Å². The number of hydrogen-bond acceptors (Lipinski definition) is 6. The maximum atomic E-state index is 12.0. The highest BCUT2D eigenvalue weighted by Gasteiger charge is 2.54. The quantitative estimate of drug-likeness (QED) is 0.581. The van der Waals surface area contributed by atoms with E-state index in [4.69, 9.17) is 23.5 Å². The van der Waals surface area contributed by atoms with E-state index in [1.165, 1.54) is 7.11 Å². The average molecular weight is 350 g/mol. The van der Waals surface area contributed by atoms with Crippen molar-refractivity contribution < 1.29 is 28.3 Å². The lowest BCUT2D eigenvalue weighted by Crippen LogP contribution is -2.41. The summed E-state index contributed by atoms with van der Waals surface area (Å²) in [6.07, 6.45) is 0.142. The van der Waals surface area contributed by atoms with Crippen LogP contribution in [0.1, 0.15) is 45.5 Å². The Hall–Kier alpha value is -1.73. The van der Waals surface area contributed by atoms with Crippen molar-refractivity contribution in [1.82, 2.24) is 0 Å². The van der Waals surface area contributed by atoms with E-state index in [1.807, 2.05) is 45.9 Å². The van der Waals surface area contributed by atoms with Crippen LogP contribution < -0.4 is 9.47 Å². The third-order valence-corrected chi connectivity index (χ3v) is 5.05. The molecule has 1 fully saturated rings. The van der Waals surface area contributed by atoms with Gasteiger partial charge in [-0.3, -0.25) is 4.79 Å². The summed E-state index contributed by atoms with van der Waals surface area (Å²) in [5.74, 6) is 0.561. The monoisotopic (exact) mass is 350 g/mol. The fourth-order valence-electron chi connectivity index (χ4n) is 2.77. The maximum Gasteiger partial charge on any atom is 0.466 e. The highest BCUT2D eigenvalue weighted by Crippen LogP contribution is 2.43. The standard InChI is InChI=1S/C18H27BO6/c1-17(2)18(3,4)25-19(24-17)13(11-16(20)23-7)12-8-9-14(21-5)15(10-12)22-6/h8-10,13H,11H2,1-7H3. The summed E-state index contributed by atoms with van der Waals surface area (Å²) in [6.45, 7) is 7.93. The molecule has 1 aliphatic rings. The van der Waals surface area contributed by atoms with Crippen molar-refractivity contribution in [3.63, 3.8) is 0 Å². The minimum atomic E-state index is -0.567. The predicted octanol–water partition coefficient (Wildman–Crippen LogP) is 2.98. The number of rotatable bonds is 6. The zero-order valence-electron chi connectivity index (χ0n) is 16.0. The van der Waals surface area contributed by atoms with Gasteiger partial charge in [-0.05, 0) is 45.4 Å². The molecule has 0 spiro atoms. The molecule has 0 radical (unpaired) electrons. The molecule has 0 N–H and O–H groups in total. The molecule has 0 bridgehead atoms. The number of carbonyl (C=O) groups excluding carboxylic acids is 1. The predicted molar refractivity (Wildman–Crippen MR) is 95.0 cm³/mol. The first kappa shape index (κ1) is 19.6. The van der Waals surface area contributed by atoms with Gasteiger partial charge >= 0.3 is 13.1 Å². The molecular formula is C18H27BO6. The zero-order valence-corrected chi connectivity index (χ0v) is 16.0. The van der Waals surface area contributed by atoms with Crippen molar-refractivity contribution in [3.8, 4) is 11.5 Å². The highest BCUT2D eigenvalue weighted by atomic mass is 16.7. The third kappa shape index (κ3) is 3.93. The van der Waals surface area contributed by atoms with E-state index in [9.17, 15) is 4.79 Å². The molecule has 138 valence electrons. The molecule has 0 saturated carbocycles. The van der Waals surface area contributed by atoms with Gasteiger partial charge in [-0.15, -0.1) is 0 Å². The van der Waals surface area contributed by atoms with E-state index in [0.29, 0.717) is 11.5 Å². The lowest BCUT2D eigenvalue weighted by Gasteiger charge is -2.32. The Balaban J connectivity index is 2.39. The van der Waals surface area contributed by atoms with Crippen molar-refractivity contribution in [2.75, 3.05) is 21.3 Å². The molecule has 2 rings (SSSR count). The molecular weight excluding hydrogens is 323 g/mol. The molecule has 25 heavy (non-hydrogen) atoms. The van der Waals surface area contributed by atoms with Crippen LogP contribution in [0.4, 0.5) is 0 Å². The highest BCUT2D eigenvalue weighted by molar-refractivity contribution is 6.48. The summed E-state index contributed by atoms with van der Waals surface area (Å²) in [4.78, 5) is 12.0. The lowest BCUT2D eigenvalue weighted by atomic mass is 9.66. The Labute approximate surface area is 149 Å². The van der Waals surface area contributed by atoms with Gasteiger partial charge in [-0.1, -0.05) is 6.07 Å². The molecule has 1 aliphatic heterocycles. The van der Waals surface area contributed by atoms with Gasteiger partial charge in [-0.25, -0.2) is 0 Å². The first-order valence-corrected chi connectivity index (χ1v) is 8.29. The van der Waals surface area contributed by atoms with Crippen LogP contribution in [-0.4, -0.2) is 45.6 Å². The topological polar surface area (TPSA) is 63.2 Å². The second kappa shape index (κ2) is 7.26. The zero-order chi connectivity index (χ0) is 18.8. The SMILES string of the molecule is COC(=O)CC(B1OC(C)(C)C(C)(C)O1)c1ccc(OC)c(OC)c1. The van der Waals surface area contributed by atoms with Gasteiger partial charge in [0.05, 0.1) is 39.0 Å². The summed E-state index contributed by atoms with van der Waals surface area (Å²) < 4.78 is 27.8. The number of hydrogen-bond donors (Lipinski definition) is 0. The molecule has 0 amide bonds. The molecule has 1 aromatic rings. The minimum Gasteiger partial charge on any atom is -0.493 e. The summed E-state index contributed by atoms with van der Waals surface area (Å²) >= 11 is 0. The van der Waals surface area contributed by atoms with E-state index in [1.54, 1.807) is 14.2 Å². The molecule has 1 atom stereocenters. The van der Waals surface area contributed by atoms with Crippen molar-refractivity contribution in [1.29, 1.82) is 0 Å². The van der Waals surface area contributed by atoms with Crippen molar-refractivity contribution in [2.45, 2.75) is 51.1 Å². The van der Waals surface area contributed by atoms with Crippen LogP contribution in [0.15, 0.2) is 18.2 Å². The number of esters is 1. The molecule has 0 aliphatic carbocycles. The second-order valence-electron chi connectivity index (χ2n) is 7.13. The molecule has 1 aromatic carbocycles.